The molecular formula is C14H21NO2. The fourth-order valence-electron chi connectivity index (χ4n) is 1.85. The van der Waals surface area contributed by atoms with Crippen molar-refractivity contribution in [1.29, 1.82) is 0 Å². The summed E-state index contributed by atoms with van der Waals surface area (Å²) in [4.78, 5) is 10.3. The first kappa shape index (κ1) is 13.7. The number of methoxy groups -OCH3 is 1. The van der Waals surface area contributed by atoms with Gasteiger partial charge >= 0.3 is 0 Å². The lowest BCUT2D eigenvalue weighted by Gasteiger charge is -2.26. The number of ether oxygens (including phenoxy) is 1. The molecule has 0 aliphatic heterocycles. The molecule has 0 saturated carbocycles. The standard InChI is InChI=1S/C14H21NO2/c1-11-9-12(5-6-13(11)17-4)14(2,3)10-15-7-8-16/h5-6,8-9,15H,7,10H2,1-4H3. The van der Waals surface area contributed by atoms with Crippen molar-refractivity contribution in [2.24, 2.45) is 0 Å². The van der Waals surface area contributed by atoms with Crippen LogP contribution < -0.4 is 10.1 Å². The zero-order valence-corrected chi connectivity index (χ0v) is 11.0. The van der Waals surface area contributed by atoms with Gasteiger partial charge in [-0.15, -0.1) is 0 Å². The predicted molar refractivity (Wildman–Crippen MR) is 69.7 cm³/mol. The molecule has 0 heterocycles. The molecule has 0 aliphatic carbocycles. The molecule has 1 aromatic rings. The first-order valence-electron chi connectivity index (χ1n) is 5.81. The Morgan fingerprint density at radius 2 is 2.12 bits per heavy atom. The summed E-state index contributed by atoms with van der Waals surface area (Å²) in [5.74, 6) is 0.908. The fraction of sp³-hybridized carbons (Fsp3) is 0.500. The number of benzene rings is 1. The third kappa shape index (κ3) is 3.56. The third-order valence-corrected chi connectivity index (χ3v) is 2.97. The Bertz CT molecular complexity index is 386. The van der Waals surface area contributed by atoms with E-state index < -0.39 is 0 Å². The van der Waals surface area contributed by atoms with Crippen LogP contribution >= 0.6 is 0 Å². The van der Waals surface area contributed by atoms with Crippen molar-refractivity contribution in [2.75, 3.05) is 20.2 Å². The van der Waals surface area contributed by atoms with Gasteiger partial charge in [0, 0.05) is 12.0 Å². The van der Waals surface area contributed by atoms with Crippen LogP contribution in [0.4, 0.5) is 0 Å². The maximum absolute atomic E-state index is 10.3. The van der Waals surface area contributed by atoms with Crippen LogP contribution in [0.25, 0.3) is 0 Å². The number of aryl methyl sites for hydroxylation is 1. The monoisotopic (exact) mass is 235 g/mol. The van der Waals surface area contributed by atoms with E-state index in [4.69, 9.17) is 4.74 Å². The molecule has 0 unspecified atom stereocenters. The maximum atomic E-state index is 10.3. The average molecular weight is 235 g/mol. The van der Waals surface area contributed by atoms with Gasteiger partial charge in [0.05, 0.1) is 13.7 Å². The third-order valence-electron chi connectivity index (χ3n) is 2.97. The van der Waals surface area contributed by atoms with Crippen LogP contribution in [0.15, 0.2) is 18.2 Å². The van der Waals surface area contributed by atoms with Gasteiger partial charge in [0.15, 0.2) is 0 Å². The van der Waals surface area contributed by atoms with E-state index in [1.54, 1.807) is 7.11 Å². The summed E-state index contributed by atoms with van der Waals surface area (Å²) in [5.41, 5.74) is 2.38. The molecule has 0 fully saturated rings. The molecule has 94 valence electrons. The van der Waals surface area contributed by atoms with E-state index in [-0.39, 0.29) is 5.41 Å². The molecule has 0 spiro atoms. The Labute approximate surface area is 103 Å². The maximum Gasteiger partial charge on any atom is 0.133 e. The van der Waals surface area contributed by atoms with E-state index in [0.29, 0.717) is 6.54 Å². The number of carbonyl (C=O) groups is 1. The molecule has 3 heteroatoms. The highest BCUT2D eigenvalue weighted by Crippen LogP contribution is 2.27. The summed E-state index contributed by atoms with van der Waals surface area (Å²) in [6.07, 6.45) is 0.884. The van der Waals surface area contributed by atoms with Crippen LogP contribution in [-0.4, -0.2) is 26.5 Å². The molecule has 0 radical (unpaired) electrons. The highest BCUT2D eigenvalue weighted by Gasteiger charge is 2.20. The molecule has 0 aromatic heterocycles. The van der Waals surface area contributed by atoms with E-state index in [9.17, 15) is 4.79 Å². The van der Waals surface area contributed by atoms with E-state index in [1.807, 2.05) is 13.0 Å². The second-order valence-corrected chi connectivity index (χ2v) is 4.87. The van der Waals surface area contributed by atoms with Gasteiger partial charge < -0.3 is 14.8 Å². The van der Waals surface area contributed by atoms with Gasteiger partial charge in [-0.3, -0.25) is 0 Å². The zero-order chi connectivity index (χ0) is 12.9. The minimum absolute atomic E-state index is 0.0000411. The lowest BCUT2D eigenvalue weighted by molar-refractivity contribution is -0.107. The lowest BCUT2D eigenvalue weighted by Crippen LogP contribution is -2.33. The smallest absolute Gasteiger partial charge is 0.133 e. The van der Waals surface area contributed by atoms with Crippen molar-refractivity contribution in [3.8, 4) is 5.75 Å². The van der Waals surface area contributed by atoms with Gasteiger partial charge in [-0.25, -0.2) is 0 Å². The van der Waals surface area contributed by atoms with Crippen LogP contribution in [0.3, 0.4) is 0 Å². The van der Waals surface area contributed by atoms with Gasteiger partial charge in [0.25, 0.3) is 0 Å². The Morgan fingerprint density at radius 1 is 1.41 bits per heavy atom. The van der Waals surface area contributed by atoms with Gasteiger partial charge in [-0.1, -0.05) is 26.0 Å². The van der Waals surface area contributed by atoms with Crippen molar-refractivity contribution in [3.05, 3.63) is 29.3 Å². The first-order chi connectivity index (χ1) is 8.01. The molecule has 1 rings (SSSR count). The highest BCUT2D eigenvalue weighted by atomic mass is 16.5. The van der Waals surface area contributed by atoms with Crippen LogP contribution in [0.5, 0.6) is 5.75 Å². The van der Waals surface area contributed by atoms with Gasteiger partial charge in [-0.2, -0.15) is 0 Å². The first-order valence-corrected chi connectivity index (χ1v) is 5.81. The van der Waals surface area contributed by atoms with E-state index >= 15 is 0 Å². The van der Waals surface area contributed by atoms with Crippen molar-refractivity contribution in [1.82, 2.24) is 5.32 Å². The SMILES string of the molecule is COc1ccc(C(C)(C)CNCC=O)cc1C. The number of nitrogens with one attached hydrogen (secondary N) is 1. The minimum Gasteiger partial charge on any atom is -0.496 e. The Morgan fingerprint density at radius 3 is 2.65 bits per heavy atom. The van der Waals surface area contributed by atoms with Gasteiger partial charge in [0.2, 0.25) is 0 Å². The molecule has 0 amide bonds. The lowest BCUT2D eigenvalue weighted by atomic mass is 9.84. The number of hydrogen-bond acceptors (Lipinski definition) is 3. The molecule has 0 bridgehead atoms. The Balaban J connectivity index is 2.83. The van der Waals surface area contributed by atoms with Crippen LogP contribution in [0.1, 0.15) is 25.0 Å². The van der Waals surface area contributed by atoms with Gasteiger partial charge in [0.1, 0.15) is 12.0 Å². The number of aldehydes is 1. The summed E-state index contributed by atoms with van der Waals surface area (Å²) >= 11 is 0. The van der Waals surface area contributed by atoms with E-state index in [2.05, 4.69) is 31.3 Å². The second-order valence-electron chi connectivity index (χ2n) is 4.87. The molecular weight excluding hydrogens is 214 g/mol. The number of carbonyl (C=O) groups excluding carboxylic acids is 1. The minimum atomic E-state index is 0.0000411. The van der Waals surface area contributed by atoms with Crippen molar-refractivity contribution >= 4 is 6.29 Å². The molecule has 17 heavy (non-hydrogen) atoms. The molecule has 0 atom stereocenters. The summed E-state index contributed by atoms with van der Waals surface area (Å²) in [5, 5.41) is 3.12. The van der Waals surface area contributed by atoms with Crippen molar-refractivity contribution in [3.63, 3.8) is 0 Å². The number of hydrogen-bond donors (Lipinski definition) is 1. The van der Waals surface area contributed by atoms with E-state index in [0.717, 1.165) is 24.1 Å². The van der Waals surface area contributed by atoms with Crippen molar-refractivity contribution in [2.45, 2.75) is 26.2 Å². The Kier molecular flexibility index (Phi) is 4.70. The molecule has 0 aliphatic rings. The van der Waals surface area contributed by atoms with E-state index in [1.165, 1.54) is 5.56 Å². The average Bonchev–Trinajstić information content (AvgIpc) is 2.29. The predicted octanol–water partition coefficient (Wildman–Crippen LogP) is 2.07. The van der Waals surface area contributed by atoms with Gasteiger partial charge in [-0.05, 0) is 24.1 Å². The molecule has 3 nitrogen and oxygen atoms in total. The normalized spacial score (nSPS) is 11.3. The van der Waals surface area contributed by atoms with Crippen LogP contribution in [0, 0.1) is 6.92 Å². The topological polar surface area (TPSA) is 38.3 Å². The largest absolute Gasteiger partial charge is 0.496 e. The second kappa shape index (κ2) is 5.82. The molecule has 0 saturated heterocycles. The zero-order valence-electron chi connectivity index (χ0n) is 11.0. The number of rotatable bonds is 6. The quantitative estimate of drug-likeness (QED) is 0.606. The Hall–Kier alpha value is -1.35. The summed E-state index contributed by atoms with van der Waals surface area (Å²) in [6.45, 7) is 7.53. The molecule has 1 N–H and O–H groups in total. The molecule has 1 aromatic carbocycles. The fourth-order valence-corrected chi connectivity index (χ4v) is 1.85. The van der Waals surface area contributed by atoms with Crippen LogP contribution in [0.2, 0.25) is 0 Å². The summed E-state index contributed by atoms with van der Waals surface area (Å²) in [6, 6.07) is 6.21. The summed E-state index contributed by atoms with van der Waals surface area (Å²) in [7, 11) is 1.68. The highest BCUT2D eigenvalue weighted by molar-refractivity contribution is 5.51. The van der Waals surface area contributed by atoms with Crippen molar-refractivity contribution < 1.29 is 9.53 Å². The summed E-state index contributed by atoms with van der Waals surface area (Å²) < 4.78 is 5.25. The van der Waals surface area contributed by atoms with Crippen LogP contribution in [-0.2, 0) is 10.2 Å².